The molecule has 1 aliphatic heterocycles. The predicted molar refractivity (Wildman–Crippen MR) is 110 cm³/mol. The minimum atomic E-state index is 0.737. The fourth-order valence-electron chi connectivity index (χ4n) is 3.43. The van der Waals surface area contributed by atoms with E-state index in [1.165, 1.54) is 24.1 Å². The minimum absolute atomic E-state index is 0.737. The molecule has 3 heterocycles. The van der Waals surface area contributed by atoms with E-state index in [-0.39, 0.29) is 0 Å². The van der Waals surface area contributed by atoms with Gasteiger partial charge in [0.15, 0.2) is 5.96 Å². The lowest BCUT2D eigenvalue weighted by atomic mass is 10.2. The number of guanidine groups is 1. The molecule has 2 aromatic rings. The highest BCUT2D eigenvalue weighted by Gasteiger charge is 2.13. The molecular formula is C20H31N7. The smallest absolute Gasteiger partial charge is 0.191 e. The summed E-state index contributed by atoms with van der Waals surface area (Å²) in [7, 11) is 1.80. The van der Waals surface area contributed by atoms with Crippen molar-refractivity contribution in [2.45, 2.75) is 46.2 Å². The number of hydrogen-bond acceptors (Lipinski definition) is 4. The van der Waals surface area contributed by atoms with E-state index in [2.05, 4.69) is 60.4 Å². The van der Waals surface area contributed by atoms with Gasteiger partial charge in [0.2, 0.25) is 0 Å². The van der Waals surface area contributed by atoms with Crippen LogP contribution in [0.25, 0.3) is 0 Å². The maximum Gasteiger partial charge on any atom is 0.191 e. The van der Waals surface area contributed by atoms with E-state index in [0.717, 1.165) is 56.6 Å². The van der Waals surface area contributed by atoms with Crippen molar-refractivity contribution in [3.05, 3.63) is 41.3 Å². The van der Waals surface area contributed by atoms with Crippen LogP contribution in [0.1, 0.15) is 36.2 Å². The van der Waals surface area contributed by atoms with Crippen LogP contribution in [-0.2, 0) is 13.1 Å². The second kappa shape index (κ2) is 9.39. The lowest BCUT2D eigenvalue weighted by molar-refractivity contribution is 0.555. The normalized spacial score (nSPS) is 14.6. The molecule has 1 saturated heterocycles. The van der Waals surface area contributed by atoms with E-state index in [1.54, 1.807) is 7.05 Å². The lowest BCUT2D eigenvalue weighted by Crippen LogP contribution is -2.37. The molecule has 0 aliphatic carbocycles. The molecule has 27 heavy (non-hydrogen) atoms. The van der Waals surface area contributed by atoms with Crippen LogP contribution in [0.15, 0.2) is 29.4 Å². The van der Waals surface area contributed by atoms with Gasteiger partial charge in [-0.15, -0.1) is 0 Å². The maximum atomic E-state index is 4.51. The zero-order chi connectivity index (χ0) is 19.1. The number of rotatable bonds is 7. The highest BCUT2D eigenvalue weighted by Crippen LogP contribution is 2.18. The van der Waals surface area contributed by atoms with Gasteiger partial charge in [0, 0.05) is 51.7 Å². The molecule has 0 atom stereocenters. The summed E-state index contributed by atoms with van der Waals surface area (Å²) in [6, 6.07) is 6.34. The van der Waals surface area contributed by atoms with Crippen LogP contribution in [0.4, 0.5) is 5.82 Å². The quantitative estimate of drug-likeness (QED) is 0.445. The van der Waals surface area contributed by atoms with Gasteiger partial charge in [-0.25, -0.2) is 4.98 Å². The number of hydrogen-bond donors (Lipinski definition) is 2. The average molecular weight is 370 g/mol. The van der Waals surface area contributed by atoms with Crippen molar-refractivity contribution >= 4 is 11.8 Å². The monoisotopic (exact) mass is 369 g/mol. The fourth-order valence-corrected chi connectivity index (χ4v) is 3.43. The predicted octanol–water partition coefficient (Wildman–Crippen LogP) is 2.25. The first-order chi connectivity index (χ1) is 13.2. The van der Waals surface area contributed by atoms with E-state index >= 15 is 0 Å². The molecule has 146 valence electrons. The Morgan fingerprint density at radius 3 is 2.70 bits per heavy atom. The van der Waals surface area contributed by atoms with Crippen molar-refractivity contribution in [2.24, 2.45) is 4.99 Å². The Labute approximate surface area is 161 Å². The summed E-state index contributed by atoms with van der Waals surface area (Å²) >= 11 is 0. The summed E-state index contributed by atoms with van der Waals surface area (Å²) in [6.07, 6.45) is 5.42. The molecule has 0 bridgehead atoms. The van der Waals surface area contributed by atoms with Crippen molar-refractivity contribution in [1.82, 2.24) is 25.4 Å². The molecule has 0 saturated carbocycles. The van der Waals surface area contributed by atoms with Crippen LogP contribution in [-0.4, -0.2) is 47.4 Å². The molecule has 0 radical (unpaired) electrons. The van der Waals surface area contributed by atoms with Gasteiger partial charge in [0.1, 0.15) is 5.82 Å². The summed E-state index contributed by atoms with van der Waals surface area (Å²) in [6.45, 7) is 8.85. The van der Waals surface area contributed by atoms with Gasteiger partial charge in [0.05, 0.1) is 5.69 Å². The van der Waals surface area contributed by atoms with Crippen LogP contribution in [0.3, 0.4) is 0 Å². The van der Waals surface area contributed by atoms with Gasteiger partial charge in [0.25, 0.3) is 0 Å². The highest BCUT2D eigenvalue weighted by molar-refractivity contribution is 5.79. The molecular weight excluding hydrogens is 338 g/mol. The van der Waals surface area contributed by atoms with Gasteiger partial charge >= 0.3 is 0 Å². The largest absolute Gasteiger partial charge is 0.357 e. The number of aryl methyl sites for hydroxylation is 3. The Morgan fingerprint density at radius 1 is 1.19 bits per heavy atom. The molecule has 0 spiro atoms. The second-order valence-electron chi connectivity index (χ2n) is 7.07. The van der Waals surface area contributed by atoms with Crippen LogP contribution >= 0.6 is 0 Å². The maximum absolute atomic E-state index is 4.51. The standard InChI is InChI=1S/C20H31N7/c1-16-13-17(2)27(25-16)12-6-8-23-20(21-3)24-15-18-7-9-22-19(14-18)26-10-4-5-11-26/h7,9,13-14H,4-6,8,10-12,15H2,1-3H3,(H2,21,23,24). The Morgan fingerprint density at radius 2 is 2.00 bits per heavy atom. The summed E-state index contributed by atoms with van der Waals surface area (Å²) < 4.78 is 2.06. The lowest BCUT2D eigenvalue weighted by Gasteiger charge is -2.17. The summed E-state index contributed by atoms with van der Waals surface area (Å²) in [5, 5.41) is 11.3. The summed E-state index contributed by atoms with van der Waals surface area (Å²) in [5.74, 6) is 1.91. The zero-order valence-corrected chi connectivity index (χ0v) is 16.7. The van der Waals surface area contributed by atoms with Gasteiger partial charge < -0.3 is 15.5 Å². The van der Waals surface area contributed by atoms with Crippen molar-refractivity contribution in [2.75, 3.05) is 31.6 Å². The molecule has 7 heteroatoms. The van der Waals surface area contributed by atoms with Gasteiger partial charge in [-0.05, 0) is 56.9 Å². The van der Waals surface area contributed by atoms with E-state index < -0.39 is 0 Å². The van der Waals surface area contributed by atoms with Gasteiger partial charge in [-0.2, -0.15) is 5.10 Å². The van der Waals surface area contributed by atoms with Crippen LogP contribution in [0.5, 0.6) is 0 Å². The fraction of sp³-hybridized carbons (Fsp3) is 0.550. The van der Waals surface area contributed by atoms with Gasteiger partial charge in [-0.3, -0.25) is 9.67 Å². The molecule has 2 aromatic heterocycles. The van der Waals surface area contributed by atoms with Crippen LogP contribution in [0.2, 0.25) is 0 Å². The third kappa shape index (κ3) is 5.45. The molecule has 0 aromatic carbocycles. The molecule has 1 aliphatic rings. The first-order valence-corrected chi connectivity index (χ1v) is 9.81. The van der Waals surface area contributed by atoms with Crippen molar-refractivity contribution in [1.29, 1.82) is 0 Å². The first-order valence-electron chi connectivity index (χ1n) is 9.81. The first kappa shape index (κ1) is 19.2. The Bertz CT molecular complexity index is 759. The molecule has 0 amide bonds. The zero-order valence-electron chi connectivity index (χ0n) is 16.7. The molecule has 3 rings (SSSR count). The van der Waals surface area contributed by atoms with E-state index in [4.69, 9.17) is 0 Å². The Kier molecular flexibility index (Phi) is 6.68. The second-order valence-corrected chi connectivity index (χ2v) is 7.07. The minimum Gasteiger partial charge on any atom is -0.357 e. The Hall–Kier alpha value is -2.57. The Balaban J connectivity index is 1.42. The van der Waals surface area contributed by atoms with Crippen molar-refractivity contribution in [3.63, 3.8) is 0 Å². The van der Waals surface area contributed by atoms with E-state index in [1.807, 2.05) is 13.1 Å². The number of aliphatic imine (C=N–C) groups is 1. The highest BCUT2D eigenvalue weighted by atomic mass is 15.3. The number of nitrogens with one attached hydrogen (secondary N) is 2. The number of anilines is 1. The van der Waals surface area contributed by atoms with Crippen LogP contribution < -0.4 is 15.5 Å². The molecule has 2 N–H and O–H groups in total. The van der Waals surface area contributed by atoms with Crippen molar-refractivity contribution in [3.8, 4) is 0 Å². The average Bonchev–Trinajstić information content (AvgIpc) is 3.31. The third-order valence-corrected chi connectivity index (χ3v) is 4.87. The SMILES string of the molecule is CN=C(NCCCn1nc(C)cc1C)NCc1ccnc(N2CCCC2)c1. The molecule has 7 nitrogen and oxygen atoms in total. The number of aromatic nitrogens is 3. The third-order valence-electron chi connectivity index (χ3n) is 4.87. The van der Waals surface area contributed by atoms with Crippen LogP contribution in [0, 0.1) is 13.8 Å². The molecule has 0 unspecified atom stereocenters. The van der Waals surface area contributed by atoms with Crippen molar-refractivity contribution < 1.29 is 0 Å². The molecule has 1 fully saturated rings. The number of pyridine rings is 1. The number of nitrogens with zero attached hydrogens (tertiary/aromatic N) is 5. The topological polar surface area (TPSA) is 70.4 Å². The van der Waals surface area contributed by atoms with E-state index in [9.17, 15) is 0 Å². The summed E-state index contributed by atoms with van der Waals surface area (Å²) in [4.78, 5) is 11.2. The summed E-state index contributed by atoms with van der Waals surface area (Å²) in [5.41, 5.74) is 3.50. The van der Waals surface area contributed by atoms with E-state index in [0.29, 0.717) is 0 Å². The van der Waals surface area contributed by atoms with Gasteiger partial charge in [-0.1, -0.05) is 0 Å².